The van der Waals surface area contributed by atoms with E-state index in [4.69, 9.17) is 0 Å². The van der Waals surface area contributed by atoms with Gasteiger partial charge in [-0.25, -0.2) is 8.78 Å². The van der Waals surface area contributed by atoms with Crippen LogP contribution in [0, 0.1) is 11.8 Å². The van der Waals surface area contributed by atoms with Gasteiger partial charge < -0.3 is 0 Å². The predicted octanol–water partition coefficient (Wildman–Crippen LogP) is 2.23. The zero-order valence-electron chi connectivity index (χ0n) is 7.93. The number of hydrogen-bond donors (Lipinski definition) is 0. The summed E-state index contributed by atoms with van der Waals surface area (Å²) in [6.45, 7) is 4.87. The van der Waals surface area contributed by atoms with Crippen LogP contribution in [0.4, 0.5) is 8.78 Å². The molecule has 1 aliphatic heterocycles. The van der Waals surface area contributed by atoms with E-state index in [0.717, 1.165) is 13.0 Å². The van der Waals surface area contributed by atoms with Gasteiger partial charge in [0.05, 0.1) is 6.04 Å². The molecule has 1 heterocycles. The minimum absolute atomic E-state index is 0.176. The Hall–Kier alpha value is -0.180. The van der Waals surface area contributed by atoms with E-state index in [0.29, 0.717) is 5.92 Å². The molecule has 1 saturated heterocycles. The van der Waals surface area contributed by atoms with Crippen LogP contribution in [0.3, 0.4) is 0 Å². The number of alkyl halides is 2. The topological polar surface area (TPSA) is 3.24 Å². The molecule has 0 radical (unpaired) electrons. The molecule has 2 unspecified atom stereocenters. The minimum Gasteiger partial charge on any atom is -0.298 e. The van der Waals surface area contributed by atoms with Crippen LogP contribution in [0.25, 0.3) is 0 Å². The molecule has 1 aliphatic rings. The van der Waals surface area contributed by atoms with Gasteiger partial charge in [0.2, 0.25) is 0 Å². The normalized spacial score (nSPS) is 32.2. The molecular weight excluding hydrogens is 160 g/mol. The summed E-state index contributed by atoms with van der Waals surface area (Å²) < 4.78 is 25.1. The van der Waals surface area contributed by atoms with Crippen molar-refractivity contribution in [2.75, 3.05) is 13.6 Å². The smallest absolute Gasteiger partial charge is 0.254 e. The molecule has 0 aromatic heterocycles. The predicted molar refractivity (Wildman–Crippen MR) is 45.4 cm³/mol. The molecule has 0 amide bonds. The quantitative estimate of drug-likeness (QED) is 0.625. The molecule has 0 aliphatic carbocycles. The van der Waals surface area contributed by atoms with E-state index in [1.165, 1.54) is 0 Å². The van der Waals surface area contributed by atoms with Gasteiger partial charge in [0.1, 0.15) is 0 Å². The third-order valence-electron chi connectivity index (χ3n) is 2.88. The average molecular weight is 177 g/mol. The van der Waals surface area contributed by atoms with Crippen molar-refractivity contribution in [1.82, 2.24) is 4.90 Å². The summed E-state index contributed by atoms with van der Waals surface area (Å²) in [5.41, 5.74) is 0. The van der Waals surface area contributed by atoms with E-state index in [9.17, 15) is 8.78 Å². The monoisotopic (exact) mass is 177 g/mol. The number of likely N-dealkylation sites (tertiary alicyclic amines) is 1. The lowest BCUT2D eigenvalue weighted by molar-refractivity contribution is 0.0297. The van der Waals surface area contributed by atoms with Gasteiger partial charge in [-0.2, -0.15) is 0 Å². The Bertz CT molecular complexity index is 147. The van der Waals surface area contributed by atoms with Crippen LogP contribution in [0.5, 0.6) is 0 Å². The lowest BCUT2D eigenvalue weighted by atomic mass is 9.89. The number of hydrogen-bond acceptors (Lipinski definition) is 1. The molecule has 0 saturated carbocycles. The summed E-state index contributed by atoms with van der Waals surface area (Å²) in [6.07, 6.45) is -1.27. The van der Waals surface area contributed by atoms with Crippen LogP contribution in [-0.2, 0) is 0 Å². The second-order valence-corrected chi connectivity index (χ2v) is 4.00. The molecule has 0 bridgehead atoms. The maximum Gasteiger partial charge on any atom is 0.254 e. The Morgan fingerprint density at radius 1 is 1.33 bits per heavy atom. The molecule has 1 nitrogen and oxygen atoms in total. The average Bonchev–Trinajstić information content (AvgIpc) is 2.30. The molecular formula is C9H17F2N. The molecule has 2 atom stereocenters. The second kappa shape index (κ2) is 3.69. The first kappa shape index (κ1) is 9.90. The van der Waals surface area contributed by atoms with Crippen molar-refractivity contribution in [3.8, 4) is 0 Å². The second-order valence-electron chi connectivity index (χ2n) is 4.00. The SMILES string of the molecule is CC(C)C1CCN(C)C1C(F)F. The van der Waals surface area contributed by atoms with Gasteiger partial charge in [-0.05, 0) is 31.8 Å². The standard InChI is InChI=1S/C9H17F2N/c1-6(2)7-4-5-12(3)8(7)9(10)11/h6-9H,4-5H2,1-3H3. The molecule has 0 aromatic rings. The molecule has 1 rings (SSSR count). The van der Waals surface area contributed by atoms with Gasteiger partial charge >= 0.3 is 0 Å². The third kappa shape index (κ3) is 1.76. The minimum atomic E-state index is -2.19. The summed E-state index contributed by atoms with van der Waals surface area (Å²) in [4.78, 5) is 1.79. The van der Waals surface area contributed by atoms with Gasteiger partial charge in [0.15, 0.2) is 0 Å². The van der Waals surface area contributed by atoms with E-state index in [1.54, 1.807) is 11.9 Å². The summed E-state index contributed by atoms with van der Waals surface area (Å²) >= 11 is 0. The fourth-order valence-electron chi connectivity index (χ4n) is 2.11. The van der Waals surface area contributed by atoms with Crippen molar-refractivity contribution in [2.45, 2.75) is 32.7 Å². The van der Waals surface area contributed by atoms with E-state index in [2.05, 4.69) is 0 Å². The number of halogens is 2. The number of rotatable bonds is 2. The highest BCUT2D eigenvalue weighted by atomic mass is 19.3. The van der Waals surface area contributed by atoms with Gasteiger partial charge in [-0.15, -0.1) is 0 Å². The first-order valence-corrected chi connectivity index (χ1v) is 4.52. The lowest BCUT2D eigenvalue weighted by Crippen LogP contribution is -2.37. The molecule has 3 heteroatoms. The van der Waals surface area contributed by atoms with E-state index >= 15 is 0 Å². The van der Waals surface area contributed by atoms with Crippen molar-refractivity contribution in [3.05, 3.63) is 0 Å². The maximum absolute atomic E-state index is 12.6. The Morgan fingerprint density at radius 3 is 2.25 bits per heavy atom. The van der Waals surface area contributed by atoms with Crippen LogP contribution in [0.2, 0.25) is 0 Å². The van der Waals surface area contributed by atoms with Crippen molar-refractivity contribution >= 4 is 0 Å². The van der Waals surface area contributed by atoms with Gasteiger partial charge in [0, 0.05) is 0 Å². The highest BCUT2D eigenvalue weighted by Crippen LogP contribution is 2.32. The van der Waals surface area contributed by atoms with Crippen LogP contribution >= 0.6 is 0 Å². The summed E-state index contributed by atoms with van der Waals surface area (Å²) in [7, 11) is 1.79. The molecule has 72 valence electrons. The highest BCUT2D eigenvalue weighted by Gasteiger charge is 2.39. The van der Waals surface area contributed by atoms with Gasteiger partial charge in [-0.3, -0.25) is 4.90 Å². The molecule has 12 heavy (non-hydrogen) atoms. The highest BCUT2D eigenvalue weighted by molar-refractivity contribution is 4.88. The fourth-order valence-corrected chi connectivity index (χ4v) is 2.11. The van der Waals surface area contributed by atoms with Crippen molar-refractivity contribution < 1.29 is 8.78 Å². The summed E-state index contributed by atoms with van der Waals surface area (Å²) in [5, 5.41) is 0. The largest absolute Gasteiger partial charge is 0.298 e. The molecule has 1 fully saturated rings. The van der Waals surface area contributed by atoms with Crippen molar-refractivity contribution in [2.24, 2.45) is 11.8 Å². The zero-order chi connectivity index (χ0) is 9.30. The fraction of sp³-hybridized carbons (Fsp3) is 1.00. The van der Waals surface area contributed by atoms with Crippen LogP contribution in [0.1, 0.15) is 20.3 Å². The lowest BCUT2D eigenvalue weighted by Gasteiger charge is -2.26. The summed E-state index contributed by atoms with van der Waals surface area (Å²) in [5.74, 6) is 0.545. The van der Waals surface area contributed by atoms with Crippen molar-refractivity contribution in [3.63, 3.8) is 0 Å². The summed E-state index contributed by atoms with van der Waals surface area (Å²) in [6, 6.07) is -0.509. The van der Waals surface area contributed by atoms with E-state index in [1.807, 2.05) is 13.8 Å². The Kier molecular flexibility index (Phi) is 3.04. The van der Waals surface area contributed by atoms with Gasteiger partial charge in [-0.1, -0.05) is 13.8 Å². The third-order valence-corrected chi connectivity index (χ3v) is 2.88. The Morgan fingerprint density at radius 2 is 1.92 bits per heavy atom. The first-order chi connectivity index (χ1) is 5.54. The Balaban J connectivity index is 2.64. The zero-order valence-corrected chi connectivity index (χ0v) is 7.93. The van der Waals surface area contributed by atoms with Gasteiger partial charge in [0.25, 0.3) is 6.43 Å². The van der Waals surface area contributed by atoms with E-state index in [-0.39, 0.29) is 5.92 Å². The first-order valence-electron chi connectivity index (χ1n) is 4.52. The van der Waals surface area contributed by atoms with Crippen LogP contribution in [-0.4, -0.2) is 31.0 Å². The van der Waals surface area contributed by atoms with Crippen LogP contribution < -0.4 is 0 Å². The molecule has 0 N–H and O–H groups in total. The molecule has 0 aromatic carbocycles. The maximum atomic E-state index is 12.6. The number of nitrogens with zero attached hydrogens (tertiary/aromatic N) is 1. The van der Waals surface area contributed by atoms with E-state index < -0.39 is 12.5 Å². The Labute approximate surface area is 72.7 Å². The van der Waals surface area contributed by atoms with Crippen LogP contribution in [0.15, 0.2) is 0 Å². The molecule has 0 spiro atoms. The van der Waals surface area contributed by atoms with Crippen molar-refractivity contribution in [1.29, 1.82) is 0 Å².